The Morgan fingerprint density at radius 2 is 2.43 bits per heavy atom. The molecular weight excluding hydrogens is 178 g/mol. The van der Waals surface area contributed by atoms with Crippen LogP contribution in [0.5, 0.6) is 0 Å². The molecule has 0 spiro atoms. The summed E-state index contributed by atoms with van der Waals surface area (Å²) < 4.78 is 0. The second kappa shape index (κ2) is 2.83. The van der Waals surface area contributed by atoms with E-state index in [0.29, 0.717) is 12.0 Å². The Labute approximate surface area is 84.4 Å². The third kappa shape index (κ3) is 1.12. The van der Waals surface area contributed by atoms with E-state index in [1.807, 2.05) is 0 Å². The average Bonchev–Trinajstić information content (AvgIpc) is 2.39. The molecule has 1 N–H and O–H groups in total. The summed E-state index contributed by atoms with van der Waals surface area (Å²) in [5.41, 5.74) is 1.64. The SMILES string of the molecule is CC1=CC2C(C)C1(C)CN2CC(=O)O. The summed E-state index contributed by atoms with van der Waals surface area (Å²) in [7, 11) is 0. The number of likely N-dealkylation sites (tertiary alicyclic amines) is 1. The highest BCUT2D eigenvalue weighted by Crippen LogP contribution is 2.51. The number of hydrogen-bond acceptors (Lipinski definition) is 2. The number of carboxylic acids is 1. The topological polar surface area (TPSA) is 40.5 Å². The summed E-state index contributed by atoms with van der Waals surface area (Å²) in [5.74, 6) is -0.166. The molecule has 78 valence electrons. The minimum Gasteiger partial charge on any atom is -0.480 e. The van der Waals surface area contributed by atoms with Crippen LogP contribution in [-0.4, -0.2) is 35.1 Å². The van der Waals surface area contributed by atoms with Crippen LogP contribution in [-0.2, 0) is 4.79 Å². The normalized spacial score (nSPS) is 41.5. The van der Waals surface area contributed by atoms with Crippen LogP contribution in [0.1, 0.15) is 20.8 Å². The minimum absolute atomic E-state index is 0.175. The van der Waals surface area contributed by atoms with Crippen molar-refractivity contribution in [3.8, 4) is 0 Å². The maximum Gasteiger partial charge on any atom is 0.317 e. The molecular formula is C11H17NO2. The Morgan fingerprint density at radius 3 is 2.79 bits per heavy atom. The van der Waals surface area contributed by atoms with Crippen LogP contribution in [0.4, 0.5) is 0 Å². The van der Waals surface area contributed by atoms with E-state index < -0.39 is 5.97 Å². The van der Waals surface area contributed by atoms with Gasteiger partial charge in [0.1, 0.15) is 0 Å². The van der Waals surface area contributed by atoms with Crippen LogP contribution in [0.25, 0.3) is 0 Å². The van der Waals surface area contributed by atoms with Gasteiger partial charge in [0.05, 0.1) is 6.54 Å². The van der Waals surface area contributed by atoms with Gasteiger partial charge in [0.25, 0.3) is 0 Å². The van der Waals surface area contributed by atoms with Gasteiger partial charge in [0.15, 0.2) is 0 Å². The van der Waals surface area contributed by atoms with Crippen molar-refractivity contribution in [1.29, 1.82) is 0 Å². The molecule has 2 rings (SSSR count). The van der Waals surface area contributed by atoms with Gasteiger partial charge in [0, 0.05) is 18.0 Å². The fourth-order valence-electron chi connectivity index (χ4n) is 2.88. The molecule has 1 heterocycles. The third-order valence-corrected chi connectivity index (χ3v) is 4.13. The second-order valence-electron chi connectivity index (χ2n) is 4.85. The van der Waals surface area contributed by atoms with Gasteiger partial charge in [-0.1, -0.05) is 25.5 Å². The average molecular weight is 195 g/mol. The number of aliphatic carboxylic acids is 1. The number of carboxylic acid groups (broad SMARTS) is 1. The van der Waals surface area contributed by atoms with Crippen LogP contribution in [0.15, 0.2) is 11.6 Å². The van der Waals surface area contributed by atoms with Gasteiger partial charge in [-0.25, -0.2) is 0 Å². The first-order chi connectivity index (χ1) is 6.45. The van der Waals surface area contributed by atoms with Crippen LogP contribution in [0.3, 0.4) is 0 Å². The molecule has 0 aromatic carbocycles. The molecule has 0 saturated carbocycles. The highest BCUT2D eigenvalue weighted by Gasteiger charge is 2.51. The molecule has 1 saturated heterocycles. The van der Waals surface area contributed by atoms with Gasteiger partial charge in [-0.3, -0.25) is 9.69 Å². The predicted molar refractivity (Wildman–Crippen MR) is 54.0 cm³/mol. The molecule has 1 aliphatic heterocycles. The Morgan fingerprint density at radius 1 is 1.79 bits per heavy atom. The lowest BCUT2D eigenvalue weighted by atomic mass is 9.79. The Hall–Kier alpha value is -0.830. The van der Waals surface area contributed by atoms with E-state index in [9.17, 15) is 4.79 Å². The van der Waals surface area contributed by atoms with Crippen molar-refractivity contribution >= 4 is 5.97 Å². The summed E-state index contributed by atoms with van der Waals surface area (Å²) in [6.07, 6.45) is 2.23. The van der Waals surface area contributed by atoms with Crippen LogP contribution >= 0.6 is 0 Å². The third-order valence-electron chi connectivity index (χ3n) is 4.13. The Kier molecular flexibility index (Phi) is 1.96. The lowest BCUT2D eigenvalue weighted by molar-refractivity contribution is -0.138. The van der Waals surface area contributed by atoms with Crippen LogP contribution in [0, 0.1) is 11.3 Å². The summed E-state index contributed by atoms with van der Waals surface area (Å²) in [4.78, 5) is 12.7. The molecule has 1 aliphatic carbocycles. The standard InChI is InChI=1S/C11H17NO2/c1-7-4-9-8(2)11(7,3)6-12(9)5-10(13)14/h4,8-9H,5-6H2,1-3H3,(H,13,14). The Bertz CT molecular complexity index is 310. The quantitative estimate of drug-likeness (QED) is 0.676. The van der Waals surface area contributed by atoms with Crippen molar-refractivity contribution in [2.24, 2.45) is 11.3 Å². The monoisotopic (exact) mass is 195 g/mol. The van der Waals surface area contributed by atoms with Crippen molar-refractivity contribution < 1.29 is 9.90 Å². The largest absolute Gasteiger partial charge is 0.480 e. The number of rotatable bonds is 2. The van der Waals surface area contributed by atoms with Gasteiger partial charge in [-0.2, -0.15) is 0 Å². The van der Waals surface area contributed by atoms with Crippen molar-refractivity contribution in [3.63, 3.8) is 0 Å². The number of nitrogens with zero attached hydrogens (tertiary/aromatic N) is 1. The van der Waals surface area contributed by atoms with E-state index in [1.54, 1.807) is 0 Å². The fourth-order valence-corrected chi connectivity index (χ4v) is 2.88. The molecule has 1 fully saturated rings. The lowest BCUT2D eigenvalue weighted by Crippen LogP contribution is -2.37. The zero-order chi connectivity index (χ0) is 10.5. The van der Waals surface area contributed by atoms with Crippen molar-refractivity contribution in [2.45, 2.75) is 26.8 Å². The van der Waals surface area contributed by atoms with E-state index in [0.717, 1.165) is 6.54 Å². The van der Waals surface area contributed by atoms with E-state index in [1.165, 1.54) is 5.57 Å². The summed E-state index contributed by atoms with van der Waals surface area (Å²) >= 11 is 0. The fraction of sp³-hybridized carbons (Fsp3) is 0.727. The first-order valence-electron chi connectivity index (χ1n) is 5.10. The van der Waals surface area contributed by atoms with E-state index in [-0.39, 0.29) is 12.0 Å². The van der Waals surface area contributed by atoms with Crippen LogP contribution in [0.2, 0.25) is 0 Å². The molecule has 2 bridgehead atoms. The summed E-state index contributed by atoms with van der Waals surface area (Å²) in [6, 6.07) is 0.344. The maximum atomic E-state index is 10.7. The van der Waals surface area contributed by atoms with Gasteiger partial charge in [-0.15, -0.1) is 0 Å². The van der Waals surface area contributed by atoms with Crippen molar-refractivity contribution in [1.82, 2.24) is 4.90 Å². The van der Waals surface area contributed by atoms with Crippen molar-refractivity contribution in [2.75, 3.05) is 13.1 Å². The molecule has 0 amide bonds. The zero-order valence-corrected chi connectivity index (χ0v) is 8.95. The van der Waals surface area contributed by atoms with E-state index in [2.05, 4.69) is 31.7 Å². The number of fused-ring (bicyclic) bond motifs is 2. The molecule has 0 radical (unpaired) electrons. The number of hydrogen-bond donors (Lipinski definition) is 1. The maximum absolute atomic E-state index is 10.7. The first kappa shape index (κ1) is 9.71. The van der Waals surface area contributed by atoms with Crippen LogP contribution < -0.4 is 0 Å². The minimum atomic E-state index is -0.723. The molecule has 14 heavy (non-hydrogen) atoms. The summed E-state index contributed by atoms with van der Waals surface area (Å²) in [5, 5.41) is 8.78. The lowest BCUT2D eigenvalue weighted by Gasteiger charge is -2.29. The van der Waals surface area contributed by atoms with Gasteiger partial charge in [-0.05, 0) is 12.8 Å². The van der Waals surface area contributed by atoms with Crippen molar-refractivity contribution in [3.05, 3.63) is 11.6 Å². The summed E-state index contributed by atoms with van der Waals surface area (Å²) in [6.45, 7) is 7.70. The highest BCUT2D eigenvalue weighted by atomic mass is 16.4. The molecule has 3 atom stereocenters. The molecule has 3 nitrogen and oxygen atoms in total. The smallest absolute Gasteiger partial charge is 0.317 e. The highest BCUT2D eigenvalue weighted by molar-refractivity contribution is 5.69. The Balaban J connectivity index is 2.20. The molecule has 2 aliphatic rings. The second-order valence-corrected chi connectivity index (χ2v) is 4.85. The number of carbonyl (C=O) groups is 1. The molecule has 3 unspecified atom stereocenters. The molecule has 3 heteroatoms. The van der Waals surface area contributed by atoms with E-state index >= 15 is 0 Å². The first-order valence-corrected chi connectivity index (χ1v) is 5.10. The molecule has 0 aromatic rings. The predicted octanol–water partition coefficient (Wildman–Crippen LogP) is 1.36. The van der Waals surface area contributed by atoms with Gasteiger partial charge in [0.2, 0.25) is 0 Å². The van der Waals surface area contributed by atoms with Gasteiger partial charge < -0.3 is 5.11 Å². The molecule has 0 aromatic heterocycles. The zero-order valence-electron chi connectivity index (χ0n) is 8.95. The van der Waals surface area contributed by atoms with E-state index in [4.69, 9.17) is 5.11 Å². The van der Waals surface area contributed by atoms with Gasteiger partial charge >= 0.3 is 5.97 Å².